The van der Waals surface area contributed by atoms with Gasteiger partial charge in [0, 0.05) is 5.57 Å². The number of hydrogen-bond acceptors (Lipinski definition) is 4. The minimum absolute atomic E-state index is 0.0556. The number of carboxylic acids is 1. The number of aliphatic carboxylic acids is 1. The van der Waals surface area contributed by atoms with E-state index in [2.05, 4.69) is 19.7 Å². The maximum atomic E-state index is 10.7. The van der Waals surface area contributed by atoms with Gasteiger partial charge in [-0.1, -0.05) is 30.8 Å². The van der Waals surface area contributed by atoms with Crippen LogP contribution in [-0.2, 0) is 19.1 Å². The second kappa shape index (κ2) is 12.9. The fourth-order valence-corrected chi connectivity index (χ4v) is 0.580. The van der Waals surface area contributed by atoms with Crippen LogP contribution >= 0.6 is 11.6 Å². The van der Waals surface area contributed by atoms with Crippen LogP contribution in [0.5, 0.6) is 0 Å². The summed E-state index contributed by atoms with van der Waals surface area (Å²) in [7, 11) is 0. The third kappa shape index (κ3) is 18.9. The van der Waals surface area contributed by atoms with Gasteiger partial charge in [0.25, 0.3) is 0 Å². The quantitative estimate of drug-likeness (QED) is 0.364. The van der Waals surface area contributed by atoms with Crippen molar-refractivity contribution < 1.29 is 24.2 Å². The number of carboxylic acid groups (broad SMARTS) is 1. The number of epoxide rings is 1. The van der Waals surface area contributed by atoms with Crippen LogP contribution in [0.4, 0.5) is 0 Å². The lowest BCUT2D eigenvalue weighted by Gasteiger charge is -1.99. The largest absolute Gasteiger partial charge is 0.481 e. The second-order valence-electron chi connectivity index (χ2n) is 3.37. The molecule has 0 bridgehead atoms. The van der Waals surface area contributed by atoms with Crippen LogP contribution in [0.15, 0.2) is 36.9 Å². The van der Waals surface area contributed by atoms with E-state index in [1.54, 1.807) is 6.92 Å². The molecule has 19 heavy (non-hydrogen) atoms. The molecule has 6 heteroatoms. The minimum Gasteiger partial charge on any atom is -0.481 e. The van der Waals surface area contributed by atoms with Crippen molar-refractivity contribution in [1.82, 2.24) is 0 Å². The number of carbonyl (C=O) groups excluding carboxylic acids is 1. The summed E-state index contributed by atoms with van der Waals surface area (Å²) >= 11 is 4.76. The predicted octanol–water partition coefficient (Wildman–Crippen LogP) is 2.52. The Hall–Kier alpha value is -1.59. The van der Waals surface area contributed by atoms with Crippen LogP contribution in [0.3, 0.4) is 0 Å². The maximum absolute atomic E-state index is 10.7. The zero-order chi connectivity index (χ0) is 15.3. The highest BCUT2D eigenvalue weighted by atomic mass is 35.5. The monoisotopic (exact) mass is 290 g/mol. The van der Waals surface area contributed by atoms with Crippen LogP contribution in [0.2, 0.25) is 0 Å². The van der Waals surface area contributed by atoms with Crippen LogP contribution in [-0.4, -0.2) is 36.4 Å². The molecule has 1 aliphatic rings. The summed E-state index contributed by atoms with van der Waals surface area (Å²) in [5.74, 6) is -1.17. The molecule has 1 saturated heterocycles. The molecule has 0 aromatic rings. The van der Waals surface area contributed by atoms with E-state index in [-0.39, 0.29) is 18.5 Å². The Kier molecular flexibility index (Phi) is 13.4. The molecule has 1 heterocycles. The fourth-order valence-electron chi connectivity index (χ4n) is 0.580. The third-order valence-corrected chi connectivity index (χ3v) is 1.47. The van der Waals surface area contributed by atoms with Crippen LogP contribution in [0.25, 0.3) is 0 Å². The molecule has 0 saturated carbocycles. The Balaban J connectivity index is 0. The molecule has 0 amide bonds. The van der Waals surface area contributed by atoms with E-state index in [4.69, 9.17) is 26.2 Å². The van der Waals surface area contributed by atoms with E-state index < -0.39 is 5.97 Å². The van der Waals surface area contributed by atoms with Crippen molar-refractivity contribution in [1.29, 1.82) is 0 Å². The number of halogens is 1. The molecular formula is C13H19ClO5. The van der Waals surface area contributed by atoms with Gasteiger partial charge >= 0.3 is 11.9 Å². The third-order valence-electron chi connectivity index (χ3n) is 1.47. The van der Waals surface area contributed by atoms with Gasteiger partial charge in [0.2, 0.25) is 0 Å². The molecule has 0 aromatic heterocycles. The minimum atomic E-state index is -0.829. The molecule has 1 unspecified atom stereocenters. The van der Waals surface area contributed by atoms with Crippen molar-refractivity contribution in [3.05, 3.63) is 36.9 Å². The van der Waals surface area contributed by atoms with Gasteiger partial charge in [-0.2, -0.15) is 0 Å². The highest BCUT2D eigenvalue weighted by Crippen LogP contribution is 2.09. The van der Waals surface area contributed by atoms with Gasteiger partial charge in [0.1, 0.15) is 12.7 Å². The average Bonchev–Trinajstić information content (AvgIpc) is 3.11. The lowest BCUT2D eigenvalue weighted by Crippen LogP contribution is -2.09. The summed E-state index contributed by atoms with van der Waals surface area (Å²) in [6.07, 6.45) is 1.55. The molecule has 1 rings (SSSR count). The SMILES string of the molecule is C=C(C)C(=O)OCC1CO1.C=CCC(=O)O.C=CCl. The molecule has 1 aliphatic heterocycles. The predicted molar refractivity (Wildman–Crippen MR) is 74.0 cm³/mol. The molecule has 5 nitrogen and oxygen atoms in total. The zero-order valence-electron chi connectivity index (χ0n) is 10.9. The van der Waals surface area contributed by atoms with Crippen LogP contribution in [0, 0.1) is 0 Å². The summed E-state index contributed by atoms with van der Waals surface area (Å²) in [6.45, 7) is 12.5. The van der Waals surface area contributed by atoms with Crippen molar-refractivity contribution in [3.63, 3.8) is 0 Å². The van der Waals surface area contributed by atoms with Gasteiger partial charge in [0.15, 0.2) is 0 Å². The van der Waals surface area contributed by atoms with Crippen LogP contribution in [0.1, 0.15) is 13.3 Å². The topological polar surface area (TPSA) is 76.1 Å². The van der Waals surface area contributed by atoms with Gasteiger partial charge in [-0.25, -0.2) is 4.79 Å². The van der Waals surface area contributed by atoms with Gasteiger partial charge in [0.05, 0.1) is 13.0 Å². The van der Waals surface area contributed by atoms with E-state index in [0.717, 1.165) is 0 Å². The molecule has 0 aliphatic carbocycles. The number of rotatable bonds is 5. The highest BCUT2D eigenvalue weighted by molar-refractivity contribution is 6.25. The summed E-state index contributed by atoms with van der Waals surface area (Å²) in [6, 6.07) is 0. The first-order valence-corrected chi connectivity index (χ1v) is 5.80. The van der Waals surface area contributed by atoms with Crippen molar-refractivity contribution in [3.8, 4) is 0 Å². The van der Waals surface area contributed by atoms with Crippen molar-refractivity contribution in [2.24, 2.45) is 0 Å². The molecular weight excluding hydrogens is 272 g/mol. The van der Waals surface area contributed by atoms with E-state index in [9.17, 15) is 9.59 Å². The van der Waals surface area contributed by atoms with Gasteiger partial charge in [-0.05, 0) is 12.5 Å². The first-order chi connectivity index (χ1) is 8.88. The second-order valence-corrected chi connectivity index (χ2v) is 3.68. The molecule has 0 spiro atoms. The number of esters is 1. The Morgan fingerprint density at radius 3 is 2.21 bits per heavy atom. The Bertz CT molecular complexity index is 321. The first-order valence-electron chi connectivity index (χ1n) is 5.37. The van der Waals surface area contributed by atoms with Crippen molar-refractivity contribution >= 4 is 23.5 Å². The number of hydrogen-bond donors (Lipinski definition) is 1. The van der Waals surface area contributed by atoms with E-state index in [0.29, 0.717) is 18.8 Å². The van der Waals surface area contributed by atoms with Gasteiger partial charge in [-0.15, -0.1) is 6.58 Å². The normalized spacial score (nSPS) is 14.5. The average molecular weight is 291 g/mol. The molecule has 1 N–H and O–H groups in total. The Labute approximate surface area is 118 Å². The molecule has 0 aromatic carbocycles. The van der Waals surface area contributed by atoms with Crippen LogP contribution < -0.4 is 0 Å². The summed E-state index contributed by atoms with van der Waals surface area (Å²) in [5, 5.41) is 7.84. The maximum Gasteiger partial charge on any atom is 0.333 e. The van der Waals surface area contributed by atoms with Crippen molar-refractivity contribution in [2.75, 3.05) is 13.2 Å². The fraction of sp³-hybridized carbons (Fsp3) is 0.385. The highest BCUT2D eigenvalue weighted by Gasteiger charge is 2.24. The lowest BCUT2D eigenvalue weighted by atomic mass is 10.4. The van der Waals surface area contributed by atoms with E-state index in [1.165, 1.54) is 11.6 Å². The number of ether oxygens (including phenoxy) is 2. The number of carbonyl (C=O) groups is 2. The Morgan fingerprint density at radius 1 is 1.53 bits per heavy atom. The van der Waals surface area contributed by atoms with Gasteiger partial charge in [-0.3, -0.25) is 4.79 Å². The standard InChI is InChI=1S/C7H10O3.C4H6O2.C2H3Cl/c1-5(2)7(8)10-4-6-3-9-6;1-2-3-4(5)6;1-2-3/h6H,1,3-4H2,2H3;2H,1,3H2,(H,5,6);2H,1H2. The molecule has 108 valence electrons. The van der Waals surface area contributed by atoms with E-state index in [1.807, 2.05) is 0 Å². The molecule has 1 fully saturated rings. The summed E-state index contributed by atoms with van der Waals surface area (Å²) in [5.41, 5.74) is 1.65. The smallest absolute Gasteiger partial charge is 0.333 e. The zero-order valence-corrected chi connectivity index (χ0v) is 11.7. The summed E-state index contributed by atoms with van der Waals surface area (Å²) in [4.78, 5) is 20.2. The summed E-state index contributed by atoms with van der Waals surface area (Å²) < 4.78 is 9.60. The molecule has 1 atom stereocenters. The van der Waals surface area contributed by atoms with E-state index >= 15 is 0 Å². The Morgan fingerprint density at radius 2 is 2.00 bits per heavy atom. The molecule has 0 radical (unpaired) electrons. The first kappa shape index (κ1) is 19.7. The lowest BCUT2D eigenvalue weighted by molar-refractivity contribution is -0.139. The van der Waals surface area contributed by atoms with Gasteiger partial charge < -0.3 is 14.6 Å². The van der Waals surface area contributed by atoms with Crippen molar-refractivity contribution in [2.45, 2.75) is 19.4 Å².